The lowest BCUT2D eigenvalue weighted by molar-refractivity contribution is -0.385. The van der Waals surface area contributed by atoms with Crippen LogP contribution in [0.2, 0.25) is 0 Å². The maximum Gasteiger partial charge on any atom is 0.345 e. The molecule has 0 aromatic carbocycles. The molecule has 0 saturated carbocycles. The molecule has 0 spiro atoms. The largest absolute Gasteiger partial charge is 0.465 e. The number of hydrogen-bond donors (Lipinski definition) is 1. The molecule has 0 aliphatic carbocycles. The average molecular weight is 563 g/mol. The number of nitrogen functional groups attached to an aromatic ring is 1. The normalized spacial score (nSPS) is 10.9. The number of nitro groups is 1. The van der Waals surface area contributed by atoms with Crippen LogP contribution in [0.4, 0.5) is 11.4 Å². The van der Waals surface area contributed by atoms with Crippen LogP contribution < -0.4 is 5.73 Å². The highest BCUT2D eigenvalue weighted by molar-refractivity contribution is 5.95. The van der Waals surface area contributed by atoms with Gasteiger partial charge >= 0.3 is 29.6 Å². The summed E-state index contributed by atoms with van der Waals surface area (Å²) in [5.74, 6) is -2.39. The summed E-state index contributed by atoms with van der Waals surface area (Å²) < 4.78 is 19.1. The third-order valence-corrected chi connectivity index (χ3v) is 5.68. The molecule has 0 aliphatic heterocycles. The molecule has 0 aliphatic rings. The van der Waals surface area contributed by atoms with Crippen molar-refractivity contribution in [1.82, 2.24) is 9.97 Å². The van der Waals surface area contributed by atoms with Crippen molar-refractivity contribution in [2.75, 3.05) is 33.2 Å². The molecule has 0 bridgehead atoms. The fraction of sp³-hybridized carbons (Fsp3) is 0.462. The number of carbonyl (C=O) groups is 4. The molecule has 2 aromatic heterocycles. The van der Waals surface area contributed by atoms with Crippen molar-refractivity contribution in [3.8, 4) is 0 Å². The van der Waals surface area contributed by atoms with Crippen LogP contribution in [-0.2, 0) is 39.4 Å². The van der Waals surface area contributed by atoms with Crippen molar-refractivity contribution in [3.63, 3.8) is 0 Å². The first kappa shape index (κ1) is 33.4. The number of carbonyl (C=O) groups excluding carboxylic acids is 4. The molecule has 0 unspecified atom stereocenters. The summed E-state index contributed by atoms with van der Waals surface area (Å²) in [6.45, 7) is 10.3. The minimum atomic E-state index is -1.14. The van der Waals surface area contributed by atoms with Gasteiger partial charge in [-0.2, -0.15) is 0 Å². The van der Waals surface area contributed by atoms with Gasteiger partial charge in [0.25, 0.3) is 0 Å². The summed E-state index contributed by atoms with van der Waals surface area (Å²) in [7, 11) is 2.38. The predicted octanol–water partition coefficient (Wildman–Crippen LogP) is 2.91. The Bertz CT molecular complexity index is 1270. The smallest absolute Gasteiger partial charge is 0.345 e. The first-order valence-corrected chi connectivity index (χ1v) is 12.0. The van der Waals surface area contributed by atoms with Gasteiger partial charge in [0, 0.05) is 0 Å². The molecular weight excluding hydrogens is 528 g/mol. The van der Waals surface area contributed by atoms with E-state index in [2.05, 4.69) is 19.4 Å². The first-order chi connectivity index (χ1) is 18.6. The van der Waals surface area contributed by atoms with Gasteiger partial charge in [0.1, 0.15) is 22.6 Å². The third-order valence-electron chi connectivity index (χ3n) is 5.68. The number of rotatable bonds is 9. The molecule has 14 nitrogen and oxygen atoms in total. The van der Waals surface area contributed by atoms with Crippen molar-refractivity contribution in [2.24, 2.45) is 0 Å². The predicted molar refractivity (Wildman–Crippen MR) is 142 cm³/mol. The van der Waals surface area contributed by atoms with Gasteiger partial charge in [0.05, 0.1) is 61.2 Å². The molecule has 2 aromatic rings. The number of methoxy groups -OCH3 is 2. The van der Waals surface area contributed by atoms with Crippen LogP contribution in [0.5, 0.6) is 0 Å². The van der Waals surface area contributed by atoms with Gasteiger partial charge in [-0.25, -0.2) is 9.59 Å². The van der Waals surface area contributed by atoms with Crippen LogP contribution >= 0.6 is 0 Å². The van der Waals surface area contributed by atoms with E-state index < -0.39 is 45.3 Å². The van der Waals surface area contributed by atoms with Gasteiger partial charge in [0.15, 0.2) is 0 Å². The standard InChI is InChI=1S/C13H16N2O6.C13H18N2O4/c1-5-21-12(17)13(2,3)10-6-8(11(16)20-4)9(7-14-10)15(18)19;1-5-19-12(17)13(2,3)10-6-8(11(16)18-4)9(14)7-15-10/h6-7H,5H2,1-4H3;6-7H,5,14H2,1-4H3. The number of ether oxygens (including phenoxy) is 4. The highest BCUT2D eigenvalue weighted by Gasteiger charge is 2.36. The summed E-state index contributed by atoms with van der Waals surface area (Å²) in [4.78, 5) is 65.2. The summed E-state index contributed by atoms with van der Waals surface area (Å²) in [6.07, 6.45) is 2.27. The van der Waals surface area contributed by atoms with Gasteiger partial charge < -0.3 is 24.7 Å². The van der Waals surface area contributed by atoms with Crippen LogP contribution in [0, 0.1) is 10.1 Å². The fourth-order valence-electron chi connectivity index (χ4n) is 3.14. The molecule has 0 radical (unpaired) electrons. The number of esters is 4. The highest BCUT2D eigenvalue weighted by Crippen LogP contribution is 2.28. The van der Waals surface area contributed by atoms with Gasteiger partial charge in [0.2, 0.25) is 0 Å². The van der Waals surface area contributed by atoms with Crippen LogP contribution in [0.1, 0.15) is 73.6 Å². The van der Waals surface area contributed by atoms with E-state index in [9.17, 15) is 29.3 Å². The van der Waals surface area contributed by atoms with E-state index >= 15 is 0 Å². The van der Waals surface area contributed by atoms with Crippen molar-refractivity contribution in [2.45, 2.75) is 52.4 Å². The number of nitrogens with zero attached hydrogens (tertiary/aromatic N) is 3. The molecule has 2 heterocycles. The zero-order valence-electron chi connectivity index (χ0n) is 23.7. The maximum absolute atomic E-state index is 11.9. The second-order valence-electron chi connectivity index (χ2n) is 9.17. The van der Waals surface area contributed by atoms with Crippen LogP contribution in [0.25, 0.3) is 0 Å². The SMILES string of the molecule is CCOC(=O)C(C)(C)c1cc(C(=O)OC)c(N)cn1.CCOC(=O)C(C)(C)c1cc(C(=O)OC)c([N+](=O)[O-])cn1. The summed E-state index contributed by atoms with van der Waals surface area (Å²) in [5.41, 5.74) is 3.79. The summed E-state index contributed by atoms with van der Waals surface area (Å²) in [6, 6.07) is 2.64. The number of pyridine rings is 2. The summed E-state index contributed by atoms with van der Waals surface area (Å²) in [5, 5.41) is 10.9. The van der Waals surface area contributed by atoms with E-state index in [1.807, 2.05) is 0 Å². The number of aromatic nitrogens is 2. The Morgan fingerprint density at radius 2 is 1.23 bits per heavy atom. The Morgan fingerprint density at radius 1 is 0.825 bits per heavy atom. The van der Waals surface area contributed by atoms with E-state index in [1.54, 1.807) is 41.5 Å². The van der Waals surface area contributed by atoms with E-state index in [4.69, 9.17) is 15.2 Å². The topological polar surface area (TPSA) is 200 Å². The van der Waals surface area contributed by atoms with E-state index in [0.717, 1.165) is 13.3 Å². The summed E-state index contributed by atoms with van der Waals surface area (Å²) >= 11 is 0. The first-order valence-electron chi connectivity index (χ1n) is 12.0. The van der Waals surface area contributed by atoms with Gasteiger partial charge in [-0.3, -0.25) is 29.7 Å². The Labute approximate surface area is 231 Å². The van der Waals surface area contributed by atoms with Crippen molar-refractivity contribution >= 4 is 35.3 Å². The minimum Gasteiger partial charge on any atom is -0.465 e. The second-order valence-corrected chi connectivity index (χ2v) is 9.17. The Kier molecular flexibility index (Phi) is 11.7. The molecule has 2 rings (SSSR count). The molecular formula is C26H34N4O10. The third kappa shape index (κ3) is 7.71. The lowest BCUT2D eigenvalue weighted by atomic mass is 9.88. The molecule has 218 valence electrons. The molecule has 0 amide bonds. The van der Waals surface area contributed by atoms with Crippen LogP contribution in [0.3, 0.4) is 0 Å². The minimum absolute atomic E-state index is 0.185. The van der Waals surface area contributed by atoms with E-state index in [1.165, 1.54) is 25.4 Å². The average Bonchev–Trinajstić information content (AvgIpc) is 2.92. The molecule has 0 atom stereocenters. The van der Waals surface area contributed by atoms with Gasteiger partial charge in [-0.1, -0.05) is 0 Å². The van der Waals surface area contributed by atoms with Gasteiger partial charge in [-0.05, 0) is 53.7 Å². The fourth-order valence-corrected chi connectivity index (χ4v) is 3.14. The Hall–Kier alpha value is -4.62. The molecule has 40 heavy (non-hydrogen) atoms. The van der Waals surface area contributed by atoms with Crippen molar-refractivity contribution in [3.05, 3.63) is 57.2 Å². The van der Waals surface area contributed by atoms with E-state index in [-0.39, 0.29) is 35.7 Å². The van der Waals surface area contributed by atoms with E-state index in [0.29, 0.717) is 5.69 Å². The van der Waals surface area contributed by atoms with Gasteiger partial charge in [-0.15, -0.1) is 0 Å². The Morgan fingerprint density at radius 3 is 1.62 bits per heavy atom. The molecule has 14 heteroatoms. The van der Waals surface area contributed by atoms with Crippen LogP contribution in [0.15, 0.2) is 24.5 Å². The second kappa shape index (κ2) is 14.0. The number of nitrogens with two attached hydrogens (primary N) is 1. The monoisotopic (exact) mass is 562 g/mol. The highest BCUT2D eigenvalue weighted by atomic mass is 16.6. The van der Waals surface area contributed by atoms with Crippen molar-refractivity contribution < 1.29 is 43.0 Å². The maximum atomic E-state index is 11.9. The zero-order chi connectivity index (χ0) is 30.8. The van der Waals surface area contributed by atoms with Crippen molar-refractivity contribution in [1.29, 1.82) is 0 Å². The quantitative estimate of drug-likeness (QED) is 0.202. The number of hydrogen-bond acceptors (Lipinski definition) is 13. The molecule has 0 saturated heterocycles. The lowest BCUT2D eigenvalue weighted by Gasteiger charge is -2.22. The molecule has 0 fully saturated rings. The van der Waals surface area contributed by atoms with Crippen LogP contribution in [-0.4, -0.2) is 66.2 Å². The number of anilines is 1. The Balaban J connectivity index is 0.000000402. The molecule has 2 N–H and O–H groups in total. The zero-order valence-corrected chi connectivity index (χ0v) is 23.7. The lowest BCUT2D eigenvalue weighted by Crippen LogP contribution is -2.32.